The Bertz CT molecular complexity index is 1190. The molecule has 0 amide bonds. The predicted octanol–water partition coefficient (Wildman–Crippen LogP) is 3.60. The third kappa shape index (κ3) is 14.1. The Morgan fingerprint density at radius 1 is 1.12 bits per heavy atom. The molecule has 0 spiro atoms. The highest BCUT2D eigenvalue weighted by Gasteiger charge is 2.27. The molecule has 0 aliphatic heterocycles. The number of esters is 2. The molecule has 238 valence electrons. The second-order valence-corrected chi connectivity index (χ2v) is 10.8. The van der Waals surface area contributed by atoms with Gasteiger partial charge in [-0.3, -0.25) is 23.2 Å². The number of nitrogens with one attached hydrogen (secondary N) is 1. The van der Waals surface area contributed by atoms with Crippen molar-refractivity contribution in [1.82, 2.24) is 19.5 Å². The topological polar surface area (TPSA) is 215 Å². The summed E-state index contributed by atoms with van der Waals surface area (Å²) in [6.07, 6.45) is 2.38. The molecule has 17 nitrogen and oxygen atoms in total. The van der Waals surface area contributed by atoms with Gasteiger partial charge in [-0.05, 0) is 26.7 Å². The molecule has 0 unspecified atom stereocenters. The van der Waals surface area contributed by atoms with E-state index < -0.39 is 45.6 Å². The molecule has 0 radical (unpaired) electrons. The number of imidazole rings is 1. The van der Waals surface area contributed by atoms with E-state index in [0.717, 1.165) is 12.8 Å². The second-order valence-electron chi connectivity index (χ2n) is 8.54. The molecule has 2 aromatic rings. The summed E-state index contributed by atoms with van der Waals surface area (Å²) in [5.41, 5.74) is 6.94. The lowest BCUT2D eigenvalue weighted by Crippen LogP contribution is -2.13. The first-order valence-corrected chi connectivity index (χ1v) is 14.6. The maximum atomic E-state index is 12.7. The van der Waals surface area contributed by atoms with Gasteiger partial charge in [0.15, 0.2) is 23.0 Å². The Labute approximate surface area is 248 Å². The van der Waals surface area contributed by atoms with E-state index in [0.29, 0.717) is 29.6 Å². The number of aromatic nitrogens is 4. The Hall–Kier alpha value is -3.24. The minimum absolute atomic E-state index is 0. The maximum absolute atomic E-state index is 12.7. The monoisotopic (exact) mass is 640 g/mol. The summed E-state index contributed by atoms with van der Waals surface area (Å²) < 4.78 is 47.9. The zero-order valence-corrected chi connectivity index (χ0v) is 24.7. The summed E-state index contributed by atoms with van der Waals surface area (Å²) in [5, 5.41) is 3.28. The van der Waals surface area contributed by atoms with Gasteiger partial charge in [0.05, 0.1) is 19.0 Å². The third-order valence-electron chi connectivity index (χ3n) is 4.65. The number of carbonyl (C=O) groups is 3. The van der Waals surface area contributed by atoms with Gasteiger partial charge in [-0.2, -0.15) is 9.97 Å². The van der Waals surface area contributed by atoms with Crippen molar-refractivity contribution < 1.29 is 51.7 Å². The highest BCUT2D eigenvalue weighted by molar-refractivity contribution is 7.53. The Kier molecular flexibility index (Phi) is 16.1. The molecule has 0 saturated heterocycles. The number of hydrogen-bond donors (Lipinski definition) is 2. The molecule has 19 heteroatoms. The summed E-state index contributed by atoms with van der Waals surface area (Å²) in [6.45, 7) is 5.00. The Balaban J connectivity index is 0.000000765. The Morgan fingerprint density at radius 2 is 1.74 bits per heavy atom. The fourth-order valence-electron chi connectivity index (χ4n) is 2.75. The lowest BCUT2D eigenvalue weighted by molar-refractivity contribution is -0.149. The lowest BCUT2D eigenvalue weighted by atomic mass is 10.4. The molecule has 42 heavy (non-hydrogen) atoms. The first-order valence-electron chi connectivity index (χ1n) is 12.3. The SMILES string of the molecule is C.CC(=O)OCOP(=O)(COCCn1cnc2c(NC3CC3)nc(N)nc21)OCOC(C)=O.CC(C)OC(=O)OCCl. The van der Waals surface area contributed by atoms with Gasteiger partial charge in [0.2, 0.25) is 19.5 Å². The van der Waals surface area contributed by atoms with Crippen LogP contribution in [-0.2, 0) is 53.4 Å². The first kappa shape index (κ1) is 36.8. The zero-order chi connectivity index (χ0) is 30.4. The number of nitrogen functional groups attached to an aromatic ring is 1. The number of nitrogens with zero attached hydrogens (tertiary/aromatic N) is 4. The third-order valence-corrected chi connectivity index (χ3v) is 6.26. The van der Waals surface area contributed by atoms with Crippen LogP contribution >= 0.6 is 19.2 Å². The average molecular weight is 641 g/mol. The van der Waals surface area contributed by atoms with Crippen molar-refractivity contribution in [2.75, 3.05) is 43.7 Å². The van der Waals surface area contributed by atoms with E-state index in [9.17, 15) is 18.9 Å². The van der Waals surface area contributed by atoms with E-state index in [4.69, 9.17) is 31.1 Å². The summed E-state index contributed by atoms with van der Waals surface area (Å²) in [5.74, 6) is -0.551. The highest BCUT2D eigenvalue weighted by Crippen LogP contribution is 2.48. The van der Waals surface area contributed by atoms with Crippen LogP contribution in [0.15, 0.2) is 6.33 Å². The van der Waals surface area contributed by atoms with E-state index in [-0.39, 0.29) is 32.2 Å². The van der Waals surface area contributed by atoms with Crippen LogP contribution in [0.1, 0.15) is 48.0 Å². The van der Waals surface area contributed by atoms with Crippen molar-refractivity contribution in [3.63, 3.8) is 0 Å². The number of carbonyl (C=O) groups excluding carboxylic acids is 3. The van der Waals surface area contributed by atoms with Crippen LogP contribution in [0.5, 0.6) is 0 Å². The zero-order valence-electron chi connectivity index (χ0n) is 23.1. The van der Waals surface area contributed by atoms with Crippen LogP contribution in [-0.4, -0.2) is 82.4 Å². The van der Waals surface area contributed by atoms with Crippen LogP contribution in [0, 0.1) is 0 Å². The van der Waals surface area contributed by atoms with Gasteiger partial charge in [0.25, 0.3) is 0 Å². The van der Waals surface area contributed by atoms with E-state index in [1.807, 2.05) is 0 Å². The molecule has 3 N–H and O–H groups in total. The number of nitrogens with two attached hydrogens (primary N) is 1. The summed E-state index contributed by atoms with van der Waals surface area (Å²) in [7, 11) is -3.87. The van der Waals surface area contributed by atoms with Crippen LogP contribution in [0.25, 0.3) is 11.2 Å². The number of rotatable bonds is 15. The van der Waals surface area contributed by atoms with Gasteiger partial charge >= 0.3 is 25.7 Å². The maximum Gasteiger partial charge on any atom is 0.509 e. The highest BCUT2D eigenvalue weighted by atomic mass is 35.5. The molecule has 2 heterocycles. The molecule has 1 aliphatic carbocycles. The molecule has 3 rings (SSSR count). The summed E-state index contributed by atoms with van der Waals surface area (Å²) in [6, 6.07) is 0.208. The number of alkyl halides is 1. The number of ether oxygens (including phenoxy) is 5. The Morgan fingerprint density at radius 3 is 2.26 bits per heavy atom. The van der Waals surface area contributed by atoms with Crippen molar-refractivity contribution in [2.24, 2.45) is 0 Å². The largest absolute Gasteiger partial charge is 0.509 e. The number of anilines is 2. The van der Waals surface area contributed by atoms with E-state index >= 15 is 0 Å². The van der Waals surface area contributed by atoms with Gasteiger partial charge < -0.3 is 39.3 Å². The van der Waals surface area contributed by atoms with E-state index in [1.54, 1.807) is 24.7 Å². The smallest absolute Gasteiger partial charge is 0.438 e. The predicted molar refractivity (Wildman–Crippen MR) is 150 cm³/mol. The second kappa shape index (κ2) is 18.3. The lowest BCUT2D eigenvalue weighted by Gasteiger charge is -2.18. The van der Waals surface area contributed by atoms with Gasteiger partial charge in [-0.1, -0.05) is 19.0 Å². The molecule has 1 fully saturated rings. The van der Waals surface area contributed by atoms with Gasteiger partial charge in [0.1, 0.15) is 6.35 Å². The number of halogens is 1. The van der Waals surface area contributed by atoms with Crippen molar-refractivity contribution in [3.05, 3.63) is 6.33 Å². The molecule has 2 aromatic heterocycles. The molecular formula is C23H38ClN6O11P. The quantitative estimate of drug-likeness (QED) is 0.0710. The van der Waals surface area contributed by atoms with Crippen LogP contribution in [0.2, 0.25) is 0 Å². The fraction of sp³-hybridized carbons (Fsp3) is 0.652. The normalized spacial score (nSPS) is 12.5. The number of hydrogen-bond acceptors (Lipinski definition) is 16. The molecule has 0 bridgehead atoms. The molecule has 1 aliphatic rings. The van der Waals surface area contributed by atoms with Crippen LogP contribution in [0.3, 0.4) is 0 Å². The standard InChI is InChI=1S/C17H25N6O8P.C5H9ClO3.CH4/c1-11(24)28-8-30-32(26,31-9-29-12(2)25)10-27-6-5-23-7-19-14-15(20-13-3-4-13)21-17(18)22-16(14)23;1-4(2)9-5(7)8-3-6;/h7,13H,3-6,8-10H2,1-2H3,(H3,18,20,21,22);4H,3H2,1-2H3;1H4. The summed E-state index contributed by atoms with van der Waals surface area (Å²) in [4.78, 5) is 44.9. The number of fused-ring (bicyclic) bond motifs is 1. The molecule has 0 aromatic carbocycles. The molecular weight excluding hydrogens is 603 g/mol. The van der Waals surface area contributed by atoms with Crippen LogP contribution < -0.4 is 11.1 Å². The van der Waals surface area contributed by atoms with Crippen molar-refractivity contribution >= 4 is 60.2 Å². The van der Waals surface area contributed by atoms with Gasteiger partial charge in [-0.15, -0.1) is 0 Å². The van der Waals surface area contributed by atoms with Gasteiger partial charge in [0, 0.05) is 26.4 Å². The van der Waals surface area contributed by atoms with Crippen molar-refractivity contribution in [2.45, 2.75) is 66.7 Å². The van der Waals surface area contributed by atoms with Crippen LogP contribution in [0.4, 0.5) is 16.6 Å². The first-order chi connectivity index (χ1) is 19.4. The van der Waals surface area contributed by atoms with Crippen molar-refractivity contribution in [3.8, 4) is 0 Å². The molecule has 1 saturated carbocycles. The van der Waals surface area contributed by atoms with E-state index in [1.165, 1.54) is 13.8 Å². The average Bonchev–Trinajstić information content (AvgIpc) is 3.59. The minimum Gasteiger partial charge on any atom is -0.438 e. The minimum atomic E-state index is -3.87. The van der Waals surface area contributed by atoms with Gasteiger partial charge in [-0.25, -0.2) is 9.78 Å². The van der Waals surface area contributed by atoms with E-state index in [2.05, 4.69) is 39.2 Å². The fourth-order valence-corrected chi connectivity index (χ4v) is 3.84. The summed E-state index contributed by atoms with van der Waals surface area (Å²) >= 11 is 5.06. The van der Waals surface area contributed by atoms with Crippen molar-refractivity contribution in [1.29, 1.82) is 0 Å². The molecule has 0 atom stereocenters.